The molecule has 1 saturated carbocycles. The number of piperazine rings is 1. The predicted octanol–water partition coefficient (Wildman–Crippen LogP) is 5.06. The van der Waals surface area contributed by atoms with Gasteiger partial charge in [0.2, 0.25) is 0 Å². The van der Waals surface area contributed by atoms with Crippen LogP contribution in [0.25, 0.3) is 10.2 Å². The van der Waals surface area contributed by atoms with Crippen molar-refractivity contribution in [2.45, 2.75) is 51.0 Å². The third-order valence-electron chi connectivity index (χ3n) is 7.87. The molecule has 33 heavy (non-hydrogen) atoms. The van der Waals surface area contributed by atoms with Gasteiger partial charge < -0.3 is 10.2 Å². The first-order valence-corrected chi connectivity index (χ1v) is 13.4. The molecule has 1 aliphatic carbocycles. The first-order chi connectivity index (χ1) is 16.2. The topological polar surface area (TPSA) is 64.3 Å². The highest BCUT2D eigenvalue weighted by atomic mass is 32.1. The SMILES string of the molecule is O=C(c1ccc2c(c1)NC(c1n[nH]c3ccsc13)C2)N1CCN(CCC2CCCCC2)CC1. The molecule has 1 amide bonds. The Morgan fingerprint density at radius 3 is 2.79 bits per heavy atom. The quantitative estimate of drug-likeness (QED) is 0.555. The lowest BCUT2D eigenvalue weighted by atomic mass is 9.87. The molecule has 1 atom stereocenters. The third kappa shape index (κ3) is 4.28. The molecule has 2 fully saturated rings. The summed E-state index contributed by atoms with van der Waals surface area (Å²) in [4.78, 5) is 17.8. The van der Waals surface area contributed by atoms with E-state index in [4.69, 9.17) is 0 Å². The normalized spacial score (nSPS) is 21.9. The van der Waals surface area contributed by atoms with Crippen LogP contribution in [0.1, 0.15) is 66.2 Å². The minimum atomic E-state index is 0.158. The molecular weight excluding hydrogens is 430 g/mol. The second-order valence-electron chi connectivity index (χ2n) is 9.97. The molecule has 1 saturated heterocycles. The monoisotopic (exact) mass is 463 g/mol. The summed E-state index contributed by atoms with van der Waals surface area (Å²) in [6.07, 6.45) is 9.35. The van der Waals surface area contributed by atoms with Gasteiger partial charge in [-0.3, -0.25) is 14.8 Å². The summed E-state index contributed by atoms with van der Waals surface area (Å²) in [7, 11) is 0. The van der Waals surface area contributed by atoms with Gasteiger partial charge in [0.1, 0.15) is 5.69 Å². The van der Waals surface area contributed by atoms with E-state index < -0.39 is 0 Å². The standard InChI is InChI=1S/C26H33N5OS/c32-26(31-13-11-30(12-14-31)10-8-18-4-2-1-3-5-18)20-7-6-19-16-23(27-22(19)17-20)24-25-21(28-29-24)9-15-33-25/h6-7,9,15,17-18,23,27H,1-5,8,10-14,16H2,(H,28,29). The number of benzene rings is 1. The van der Waals surface area contributed by atoms with Crippen molar-refractivity contribution in [3.8, 4) is 0 Å². The maximum atomic E-state index is 13.2. The van der Waals surface area contributed by atoms with E-state index in [9.17, 15) is 4.79 Å². The van der Waals surface area contributed by atoms with Gasteiger partial charge in [0.05, 0.1) is 16.3 Å². The summed E-state index contributed by atoms with van der Waals surface area (Å²) in [6, 6.07) is 8.40. The van der Waals surface area contributed by atoms with Crippen molar-refractivity contribution in [1.82, 2.24) is 20.0 Å². The Kier molecular flexibility index (Phi) is 5.84. The van der Waals surface area contributed by atoms with E-state index in [1.54, 1.807) is 11.3 Å². The molecular formula is C26H33N5OS. The van der Waals surface area contributed by atoms with Crippen molar-refractivity contribution in [1.29, 1.82) is 0 Å². The van der Waals surface area contributed by atoms with Crippen LogP contribution in [-0.4, -0.2) is 58.6 Å². The van der Waals surface area contributed by atoms with Crippen LogP contribution in [0.4, 0.5) is 5.69 Å². The molecule has 0 spiro atoms. The maximum Gasteiger partial charge on any atom is 0.254 e. The van der Waals surface area contributed by atoms with Gasteiger partial charge in [0.25, 0.3) is 5.91 Å². The molecule has 4 heterocycles. The van der Waals surface area contributed by atoms with Gasteiger partial charge in [-0.25, -0.2) is 0 Å². The number of carbonyl (C=O) groups excluding carboxylic acids is 1. The number of carbonyl (C=O) groups is 1. The minimum Gasteiger partial charge on any atom is -0.376 e. The van der Waals surface area contributed by atoms with Crippen molar-refractivity contribution < 1.29 is 4.79 Å². The fourth-order valence-electron chi connectivity index (χ4n) is 5.85. The summed E-state index contributed by atoms with van der Waals surface area (Å²) < 4.78 is 1.22. The van der Waals surface area contributed by atoms with E-state index in [-0.39, 0.29) is 11.9 Å². The van der Waals surface area contributed by atoms with E-state index in [0.717, 1.165) is 61.0 Å². The van der Waals surface area contributed by atoms with Crippen LogP contribution in [0, 0.1) is 5.92 Å². The summed E-state index contributed by atoms with van der Waals surface area (Å²) in [5.74, 6) is 1.09. The van der Waals surface area contributed by atoms with Gasteiger partial charge in [-0.05, 0) is 48.0 Å². The molecule has 3 aliphatic rings. The predicted molar refractivity (Wildman–Crippen MR) is 134 cm³/mol. The largest absolute Gasteiger partial charge is 0.376 e. The lowest BCUT2D eigenvalue weighted by molar-refractivity contribution is 0.0627. The third-order valence-corrected chi connectivity index (χ3v) is 8.81. The number of fused-ring (bicyclic) bond motifs is 2. The van der Waals surface area contributed by atoms with Crippen LogP contribution in [0.3, 0.4) is 0 Å². The molecule has 174 valence electrons. The Morgan fingerprint density at radius 1 is 1.09 bits per heavy atom. The Hall–Kier alpha value is -2.38. The van der Waals surface area contributed by atoms with Crippen molar-refractivity contribution in [3.05, 3.63) is 46.5 Å². The Morgan fingerprint density at radius 2 is 1.94 bits per heavy atom. The fraction of sp³-hybridized carbons (Fsp3) is 0.538. The zero-order valence-corrected chi connectivity index (χ0v) is 20.0. The van der Waals surface area contributed by atoms with Crippen LogP contribution in [0.15, 0.2) is 29.6 Å². The Labute approximate surface area is 199 Å². The fourth-order valence-corrected chi connectivity index (χ4v) is 6.74. The first-order valence-electron chi connectivity index (χ1n) is 12.6. The average Bonchev–Trinajstić information content (AvgIpc) is 3.58. The zero-order valence-electron chi connectivity index (χ0n) is 19.2. The lowest BCUT2D eigenvalue weighted by Crippen LogP contribution is -2.49. The lowest BCUT2D eigenvalue weighted by Gasteiger charge is -2.35. The number of hydrogen-bond donors (Lipinski definition) is 2. The number of aromatic nitrogens is 2. The summed E-state index contributed by atoms with van der Waals surface area (Å²) in [5.41, 5.74) is 5.30. The number of rotatable bonds is 5. The van der Waals surface area contributed by atoms with E-state index in [2.05, 4.69) is 37.9 Å². The van der Waals surface area contributed by atoms with Crippen molar-refractivity contribution >= 4 is 33.1 Å². The molecule has 6 nitrogen and oxygen atoms in total. The molecule has 6 rings (SSSR count). The molecule has 0 radical (unpaired) electrons. The van der Waals surface area contributed by atoms with Gasteiger partial charge in [-0.15, -0.1) is 11.3 Å². The number of nitrogens with zero attached hydrogens (tertiary/aromatic N) is 3. The van der Waals surface area contributed by atoms with Gasteiger partial charge in [-0.2, -0.15) is 5.10 Å². The number of aromatic amines is 1. The highest BCUT2D eigenvalue weighted by molar-refractivity contribution is 7.17. The molecule has 1 aromatic carbocycles. The Bertz CT molecular complexity index is 1120. The van der Waals surface area contributed by atoms with Gasteiger partial charge in [0, 0.05) is 43.9 Å². The molecule has 2 N–H and O–H groups in total. The van der Waals surface area contributed by atoms with Crippen LogP contribution in [-0.2, 0) is 6.42 Å². The summed E-state index contributed by atoms with van der Waals surface area (Å²) in [5, 5.41) is 13.4. The second-order valence-corrected chi connectivity index (χ2v) is 10.9. The van der Waals surface area contributed by atoms with E-state index in [1.807, 2.05) is 17.0 Å². The summed E-state index contributed by atoms with van der Waals surface area (Å²) >= 11 is 1.73. The van der Waals surface area contributed by atoms with Gasteiger partial charge in [0.15, 0.2) is 0 Å². The molecule has 3 aromatic rings. The Balaban J connectivity index is 1.05. The number of anilines is 1. The highest BCUT2D eigenvalue weighted by Gasteiger charge is 2.28. The molecule has 2 aliphatic heterocycles. The van der Waals surface area contributed by atoms with Crippen molar-refractivity contribution in [2.75, 3.05) is 38.0 Å². The minimum absolute atomic E-state index is 0.158. The van der Waals surface area contributed by atoms with Crippen LogP contribution in [0.2, 0.25) is 0 Å². The number of amides is 1. The number of thiophene rings is 1. The van der Waals surface area contributed by atoms with E-state index in [0.29, 0.717) is 0 Å². The average molecular weight is 464 g/mol. The maximum absolute atomic E-state index is 13.2. The second kappa shape index (κ2) is 9.11. The van der Waals surface area contributed by atoms with Crippen molar-refractivity contribution in [3.63, 3.8) is 0 Å². The molecule has 2 aromatic heterocycles. The summed E-state index contributed by atoms with van der Waals surface area (Å²) in [6.45, 7) is 4.86. The van der Waals surface area contributed by atoms with E-state index in [1.165, 1.54) is 55.3 Å². The van der Waals surface area contributed by atoms with E-state index >= 15 is 0 Å². The van der Waals surface area contributed by atoms with Crippen LogP contribution >= 0.6 is 11.3 Å². The molecule has 0 bridgehead atoms. The number of H-pyrrole nitrogens is 1. The van der Waals surface area contributed by atoms with Crippen LogP contribution < -0.4 is 5.32 Å². The number of nitrogens with one attached hydrogen (secondary N) is 2. The van der Waals surface area contributed by atoms with Gasteiger partial charge >= 0.3 is 0 Å². The zero-order chi connectivity index (χ0) is 22.2. The van der Waals surface area contributed by atoms with Crippen molar-refractivity contribution in [2.24, 2.45) is 5.92 Å². The number of hydrogen-bond acceptors (Lipinski definition) is 5. The molecule has 7 heteroatoms. The van der Waals surface area contributed by atoms with Crippen LogP contribution in [0.5, 0.6) is 0 Å². The van der Waals surface area contributed by atoms with Gasteiger partial charge in [-0.1, -0.05) is 38.2 Å². The first kappa shape index (κ1) is 21.2. The highest BCUT2D eigenvalue weighted by Crippen LogP contribution is 2.38. The smallest absolute Gasteiger partial charge is 0.254 e. The molecule has 1 unspecified atom stereocenters.